The van der Waals surface area contributed by atoms with Crippen molar-refractivity contribution >= 4 is 5.91 Å². The first-order valence-electron chi connectivity index (χ1n) is 6.92. The molecule has 1 fully saturated rings. The molecule has 1 atom stereocenters. The predicted octanol–water partition coefficient (Wildman–Crippen LogP) is 2.49. The molecule has 0 aliphatic carbocycles. The van der Waals surface area contributed by atoms with Crippen LogP contribution in [0, 0.1) is 5.82 Å². The van der Waals surface area contributed by atoms with Crippen LogP contribution in [0.5, 0.6) is 0 Å². The Labute approximate surface area is 113 Å². The number of hydrogen-bond acceptors (Lipinski definition) is 2. The topological polar surface area (TPSA) is 32.3 Å². The highest BCUT2D eigenvalue weighted by Gasteiger charge is 2.27. The lowest BCUT2D eigenvalue weighted by molar-refractivity contribution is -0.134. The van der Waals surface area contributed by atoms with Gasteiger partial charge in [0.1, 0.15) is 5.82 Å². The maximum Gasteiger partial charge on any atom is 0.224 e. The molecule has 1 aromatic rings. The van der Waals surface area contributed by atoms with Crippen molar-refractivity contribution in [3.63, 3.8) is 0 Å². The summed E-state index contributed by atoms with van der Waals surface area (Å²) in [5.41, 5.74) is 1.04. The van der Waals surface area contributed by atoms with Crippen molar-refractivity contribution in [1.29, 1.82) is 0 Å². The van der Waals surface area contributed by atoms with Crippen molar-refractivity contribution in [1.82, 2.24) is 10.2 Å². The number of benzene rings is 1. The highest BCUT2D eigenvalue weighted by molar-refractivity contribution is 5.77. The maximum atomic E-state index is 13.0. The summed E-state index contributed by atoms with van der Waals surface area (Å²) in [6.07, 6.45) is 3.67. The average molecular weight is 264 g/mol. The van der Waals surface area contributed by atoms with Crippen molar-refractivity contribution < 1.29 is 9.18 Å². The number of rotatable bonds is 4. The summed E-state index contributed by atoms with van der Waals surface area (Å²) < 4.78 is 13.0. The molecule has 1 aromatic carbocycles. The molecule has 1 heterocycles. The Kier molecular flexibility index (Phi) is 4.91. The monoisotopic (exact) mass is 264 g/mol. The van der Waals surface area contributed by atoms with Gasteiger partial charge in [0.25, 0.3) is 0 Å². The van der Waals surface area contributed by atoms with Gasteiger partial charge in [0.2, 0.25) is 5.91 Å². The molecule has 3 nitrogen and oxygen atoms in total. The number of nitrogens with one attached hydrogen (secondary N) is 1. The lowest BCUT2D eigenvalue weighted by atomic mass is 9.95. The van der Waals surface area contributed by atoms with E-state index < -0.39 is 0 Å². The number of hydrogen-bond donors (Lipinski definition) is 1. The number of nitrogens with zero attached hydrogens (tertiary/aromatic N) is 1. The summed E-state index contributed by atoms with van der Waals surface area (Å²) in [7, 11) is 1.85. The van der Waals surface area contributed by atoms with E-state index in [1.165, 1.54) is 12.1 Å². The molecule has 4 heteroatoms. The van der Waals surface area contributed by atoms with Gasteiger partial charge in [-0.1, -0.05) is 12.1 Å². The molecular weight excluding hydrogens is 243 g/mol. The van der Waals surface area contributed by atoms with Gasteiger partial charge in [0, 0.05) is 19.5 Å². The molecule has 0 radical (unpaired) electrons. The first kappa shape index (κ1) is 14.0. The third kappa shape index (κ3) is 3.53. The molecular formula is C15H21FN2O. The minimum Gasteiger partial charge on any atom is -0.336 e. The minimum atomic E-state index is -0.229. The van der Waals surface area contributed by atoms with Gasteiger partial charge in [0.05, 0.1) is 6.04 Å². The fraction of sp³-hybridized carbons (Fsp3) is 0.533. The van der Waals surface area contributed by atoms with Crippen LogP contribution >= 0.6 is 0 Å². The highest BCUT2D eigenvalue weighted by atomic mass is 19.1. The van der Waals surface area contributed by atoms with Crippen molar-refractivity contribution in [2.24, 2.45) is 0 Å². The van der Waals surface area contributed by atoms with Crippen LogP contribution in [-0.2, 0) is 4.79 Å². The summed E-state index contributed by atoms with van der Waals surface area (Å²) >= 11 is 0. The van der Waals surface area contributed by atoms with Gasteiger partial charge < -0.3 is 10.2 Å². The lowest BCUT2D eigenvalue weighted by Gasteiger charge is -2.36. The Morgan fingerprint density at radius 1 is 1.37 bits per heavy atom. The summed E-state index contributed by atoms with van der Waals surface area (Å²) in [6, 6.07) is 6.65. The van der Waals surface area contributed by atoms with E-state index in [1.807, 2.05) is 11.9 Å². The highest BCUT2D eigenvalue weighted by Crippen LogP contribution is 2.31. The van der Waals surface area contributed by atoms with Gasteiger partial charge in [-0.05, 0) is 44.0 Å². The number of likely N-dealkylation sites (tertiary alicyclic amines) is 1. The van der Waals surface area contributed by atoms with Crippen LogP contribution < -0.4 is 5.32 Å². The smallest absolute Gasteiger partial charge is 0.224 e. The normalized spacial score (nSPS) is 19.5. The standard InChI is InChI=1S/C15H21FN2O/c1-17-10-9-15(19)18-11-3-2-4-14(18)12-5-7-13(16)8-6-12/h5-8,14,17H,2-4,9-11H2,1H3. The van der Waals surface area contributed by atoms with Crippen molar-refractivity contribution in [2.75, 3.05) is 20.1 Å². The lowest BCUT2D eigenvalue weighted by Crippen LogP contribution is -2.39. The number of piperidine rings is 1. The molecule has 2 rings (SSSR count). The predicted molar refractivity (Wildman–Crippen MR) is 73.2 cm³/mol. The van der Waals surface area contributed by atoms with Gasteiger partial charge >= 0.3 is 0 Å². The molecule has 104 valence electrons. The molecule has 1 amide bonds. The molecule has 0 spiro atoms. The van der Waals surface area contributed by atoms with E-state index in [1.54, 1.807) is 12.1 Å². The zero-order chi connectivity index (χ0) is 13.7. The van der Waals surface area contributed by atoms with Crippen molar-refractivity contribution in [3.8, 4) is 0 Å². The first-order valence-corrected chi connectivity index (χ1v) is 6.92. The quantitative estimate of drug-likeness (QED) is 0.906. The molecule has 0 saturated carbocycles. The number of amides is 1. The van der Waals surface area contributed by atoms with Crippen molar-refractivity contribution in [3.05, 3.63) is 35.6 Å². The van der Waals surface area contributed by atoms with Crippen LogP contribution in [0.15, 0.2) is 24.3 Å². The van der Waals surface area contributed by atoms with Crippen LogP contribution in [0.3, 0.4) is 0 Å². The number of carbonyl (C=O) groups is 1. The second kappa shape index (κ2) is 6.66. The van der Waals surface area contributed by atoms with Gasteiger partial charge in [-0.2, -0.15) is 0 Å². The van der Waals surface area contributed by atoms with Crippen LogP contribution in [0.2, 0.25) is 0 Å². The van der Waals surface area contributed by atoms with E-state index in [0.717, 1.165) is 31.4 Å². The zero-order valence-corrected chi connectivity index (χ0v) is 11.4. The second-order valence-corrected chi connectivity index (χ2v) is 5.00. The molecule has 19 heavy (non-hydrogen) atoms. The van der Waals surface area contributed by atoms with Crippen LogP contribution in [0.4, 0.5) is 4.39 Å². The Morgan fingerprint density at radius 3 is 2.79 bits per heavy atom. The molecule has 1 unspecified atom stereocenters. The average Bonchev–Trinajstić information content (AvgIpc) is 2.45. The SMILES string of the molecule is CNCCC(=O)N1CCCCC1c1ccc(F)cc1. The third-order valence-electron chi connectivity index (χ3n) is 3.67. The van der Waals surface area contributed by atoms with E-state index in [-0.39, 0.29) is 17.8 Å². The summed E-state index contributed by atoms with van der Waals surface area (Å²) in [5.74, 6) is -0.0454. The van der Waals surface area contributed by atoms with Crippen LogP contribution in [0.1, 0.15) is 37.3 Å². The third-order valence-corrected chi connectivity index (χ3v) is 3.67. The van der Waals surface area contributed by atoms with Gasteiger partial charge in [0.15, 0.2) is 0 Å². The van der Waals surface area contributed by atoms with E-state index in [2.05, 4.69) is 5.32 Å². The van der Waals surface area contributed by atoms with Crippen LogP contribution in [0.25, 0.3) is 0 Å². The van der Waals surface area contributed by atoms with Crippen LogP contribution in [-0.4, -0.2) is 30.9 Å². The Hall–Kier alpha value is -1.42. The number of halogens is 1. The van der Waals surface area contributed by atoms with Gasteiger partial charge in [-0.15, -0.1) is 0 Å². The molecule has 1 saturated heterocycles. The van der Waals surface area contributed by atoms with E-state index in [9.17, 15) is 9.18 Å². The molecule has 1 aliphatic heterocycles. The van der Waals surface area contributed by atoms with E-state index in [4.69, 9.17) is 0 Å². The maximum absolute atomic E-state index is 13.0. The number of carbonyl (C=O) groups excluding carboxylic acids is 1. The Morgan fingerprint density at radius 2 is 2.11 bits per heavy atom. The van der Waals surface area contributed by atoms with Gasteiger partial charge in [-0.3, -0.25) is 4.79 Å². The Balaban J connectivity index is 2.11. The molecule has 0 bridgehead atoms. The Bertz CT molecular complexity index is 419. The minimum absolute atomic E-state index is 0.110. The first-order chi connectivity index (χ1) is 9.22. The molecule has 1 aliphatic rings. The van der Waals surface area contributed by atoms with E-state index >= 15 is 0 Å². The fourth-order valence-corrected chi connectivity index (χ4v) is 2.64. The zero-order valence-electron chi connectivity index (χ0n) is 11.4. The fourth-order valence-electron chi connectivity index (χ4n) is 2.64. The van der Waals surface area contributed by atoms with Gasteiger partial charge in [-0.25, -0.2) is 4.39 Å². The summed E-state index contributed by atoms with van der Waals surface area (Å²) in [6.45, 7) is 1.51. The molecule has 0 aromatic heterocycles. The van der Waals surface area contributed by atoms with Crippen molar-refractivity contribution in [2.45, 2.75) is 31.7 Å². The van der Waals surface area contributed by atoms with E-state index in [0.29, 0.717) is 13.0 Å². The second-order valence-electron chi connectivity index (χ2n) is 5.00. The largest absolute Gasteiger partial charge is 0.336 e. The molecule has 1 N–H and O–H groups in total. The summed E-state index contributed by atoms with van der Waals surface area (Å²) in [4.78, 5) is 14.2. The summed E-state index contributed by atoms with van der Waals surface area (Å²) in [5, 5.41) is 3.00.